The molecule has 0 aromatic heterocycles. The van der Waals surface area contributed by atoms with Crippen molar-refractivity contribution < 1.29 is 48.8 Å². The van der Waals surface area contributed by atoms with Gasteiger partial charge in [0.1, 0.15) is 0 Å². The fraction of sp³-hybridized carbons (Fsp3) is 0.875. The number of hydrogen-bond acceptors (Lipinski definition) is 4. The van der Waals surface area contributed by atoms with E-state index in [0.29, 0.717) is 0 Å². The van der Waals surface area contributed by atoms with Crippen LogP contribution in [-0.2, 0) is 14.1 Å². The molecule has 0 spiro atoms. The summed E-state index contributed by atoms with van der Waals surface area (Å²) in [5, 5.41) is 10.3. The molecule has 0 N–H and O–H groups in total. The molecule has 74 valence electrons. The average Bonchev–Trinajstić information content (AvgIpc) is 1.98. The van der Waals surface area contributed by atoms with E-state index in [1.807, 2.05) is 27.7 Å². The van der Waals surface area contributed by atoms with E-state index < -0.39 is 24.3 Å². The molecule has 1 saturated heterocycles. The summed E-state index contributed by atoms with van der Waals surface area (Å²) in [6.45, 7) is 7.51. The smallest absolute Gasteiger partial charge is 0.551 e. The Kier molecular flexibility index (Phi) is 4.68. The minimum absolute atomic E-state index is 0. The molecule has 0 bridgehead atoms. The van der Waals surface area contributed by atoms with Crippen molar-refractivity contribution in [2.75, 3.05) is 0 Å². The average molecular weight is 208 g/mol. The zero-order chi connectivity index (χ0) is 10.3. The van der Waals surface area contributed by atoms with Gasteiger partial charge in [-0.05, 0) is 27.7 Å². The fourth-order valence-electron chi connectivity index (χ4n) is 1.18. The number of carbonyl (C=O) groups excluding carboxylic acids is 1. The minimum atomic E-state index is -1.15. The molecule has 1 aliphatic rings. The van der Waals surface area contributed by atoms with E-state index in [-0.39, 0.29) is 35.9 Å². The number of carboxylic acids is 1. The Hall–Kier alpha value is 0.455. The Morgan fingerprint density at radius 3 is 1.86 bits per heavy atom. The fourth-order valence-corrected chi connectivity index (χ4v) is 1.18. The van der Waals surface area contributed by atoms with Crippen molar-refractivity contribution in [2.24, 2.45) is 0 Å². The van der Waals surface area contributed by atoms with Crippen LogP contribution in [0.2, 0.25) is 6.32 Å². The Balaban J connectivity index is 0.00000169. The first-order chi connectivity index (χ1) is 5.74. The first-order valence-corrected chi connectivity index (χ1v) is 4.30. The Bertz CT molecular complexity index is 213. The molecule has 0 unspecified atom stereocenters. The standard InChI is InChI=1S/C8H15BO4.Na/c1-7(2)8(3,4)13-9(12-7)5-6(10)11;/h5H2,1-4H3,(H,10,11);/q;+1/p-1. The van der Waals surface area contributed by atoms with Gasteiger partial charge >= 0.3 is 36.7 Å². The summed E-state index contributed by atoms with van der Waals surface area (Å²) in [7, 11) is -0.685. The van der Waals surface area contributed by atoms with Crippen molar-refractivity contribution in [1.82, 2.24) is 0 Å². The van der Waals surface area contributed by atoms with Gasteiger partial charge in [0.25, 0.3) is 0 Å². The summed E-state index contributed by atoms with van der Waals surface area (Å²) in [5.41, 5.74) is -0.930. The molecule has 6 heteroatoms. The van der Waals surface area contributed by atoms with Crippen LogP contribution in [0.1, 0.15) is 27.7 Å². The number of carbonyl (C=O) groups is 1. The van der Waals surface area contributed by atoms with Crippen LogP contribution in [-0.4, -0.2) is 24.3 Å². The van der Waals surface area contributed by atoms with Gasteiger partial charge in [-0.15, -0.1) is 0 Å². The van der Waals surface area contributed by atoms with Crippen LogP contribution in [0.3, 0.4) is 0 Å². The first-order valence-electron chi connectivity index (χ1n) is 4.30. The molecule has 0 radical (unpaired) electrons. The van der Waals surface area contributed by atoms with Crippen molar-refractivity contribution in [3.05, 3.63) is 0 Å². The van der Waals surface area contributed by atoms with Crippen LogP contribution in [0.4, 0.5) is 0 Å². The van der Waals surface area contributed by atoms with Crippen LogP contribution in [0.25, 0.3) is 0 Å². The summed E-state index contributed by atoms with van der Waals surface area (Å²) in [6.07, 6.45) is -0.215. The van der Waals surface area contributed by atoms with Gasteiger partial charge in [0.2, 0.25) is 0 Å². The van der Waals surface area contributed by atoms with E-state index in [9.17, 15) is 9.90 Å². The minimum Gasteiger partial charge on any atom is -0.551 e. The summed E-state index contributed by atoms with van der Waals surface area (Å²) in [6, 6.07) is 0. The topological polar surface area (TPSA) is 58.6 Å². The third kappa shape index (κ3) is 2.97. The number of aliphatic carboxylic acids is 1. The predicted molar refractivity (Wildman–Crippen MR) is 45.9 cm³/mol. The van der Waals surface area contributed by atoms with Gasteiger partial charge in [0.15, 0.2) is 0 Å². The second kappa shape index (κ2) is 4.53. The molecule has 1 aliphatic heterocycles. The predicted octanol–water partition coefficient (Wildman–Crippen LogP) is -3.17. The van der Waals surface area contributed by atoms with E-state index >= 15 is 0 Å². The molecule has 0 saturated carbocycles. The van der Waals surface area contributed by atoms with E-state index in [1.165, 1.54) is 0 Å². The molecule has 1 rings (SSSR count). The van der Waals surface area contributed by atoms with Crippen LogP contribution in [0.15, 0.2) is 0 Å². The van der Waals surface area contributed by atoms with E-state index in [2.05, 4.69) is 0 Å². The molecule has 1 heterocycles. The van der Waals surface area contributed by atoms with Crippen molar-refractivity contribution in [3.63, 3.8) is 0 Å². The van der Waals surface area contributed by atoms with Gasteiger partial charge in [-0.25, -0.2) is 0 Å². The number of rotatable bonds is 2. The van der Waals surface area contributed by atoms with Crippen molar-refractivity contribution in [1.29, 1.82) is 0 Å². The number of hydrogen-bond donors (Lipinski definition) is 0. The summed E-state index contributed by atoms with van der Waals surface area (Å²) in [5.74, 6) is -1.15. The van der Waals surface area contributed by atoms with Crippen molar-refractivity contribution >= 4 is 13.1 Å². The van der Waals surface area contributed by atoms with Crippen LogP contribution < -0.4 is 34.7 Å². The van der Waals surface area contributed by atoms with Gasteiger partial charge in [0, 0.05) is 12.3 Å². The van der Waals surface area contributed by atoms with Gasteiger partial charge in [-0.3, -0.25) is 0 Å². The van der Waals surface area contributed by atoms with Gasteiger partial charge < -0.3 is 19.2 Å². The van der Waals surface area contributed by atoms with Crippen LogP contribution in [0.5, 0.6) is 0 Å². The maximum atomic E-state index is 10.3. The molecule has 1 fully saturated rings. The van der Waals surface area contributed by atoms with Gasteiger partial charge in [0.05, 0.1) is 11.2 Å². The monoisotopic (exact) mass is 208 g/mol. The zero-order valence-corrected chi connectivity index (χ0v) is 11.4. The zero-order valence-electron chi connectivity index (χ0n) is 9.42. The maximum absolute atomic E-state index is 10.3. The normalized spacial score (nSPS) is 23.0. The second-order valence-electron chi connectivity index (χ2n) is 4.26. The second-order valence-corrected chi connectivity index (χ2v) is 4.26. The largest absolute Gasteiger partial charge is 1.00 e. The van der Waals surface area contributed by atoms with E-state index in [4.69, 9.17) is 9.31 Å². The third-order valence-electron chi connectivity index (χ3n) is 2.64. The molecular weight excluding hydrogens is 194 g/mol. The summed E-state index contributed by atoms with van der Waals surface area (Å²) >= 11 is 0. The summed E-state index contributed by atoms with van der Waals surface area (Å²) in [4.78, 5) is 10.3. The number of carboxylic acid groups (broad SMARTS) is 1. The third-order valence-corrected chi connectivity index (χ3v) is 2.64. The molecule has 0 aliphatic carbocycles. The van der Waals surface area contributed by atoms with Crippen LogP contribution in [0, 0.1) is 0 Å². The van der Waals surface area contributed by atoms with Gasteiger partial charge in [-0.1, -0.05) is 0 Å². The van der Waals surface area contributed by atoms with Crippen molar-refractivity contribution in [3.8, 4) is 0 Å². The quantitative estimate of drug-likeness (QED) is 0.449. The Labute approximate surface area is 107 Å². The first kappa shape index (κ1) is 14.5. The molecule has 0 atom stereocenters. The summed E-state index contributed by atoms with van der Waals surface area (Å²) < 4.78 is 10.9. The van der Waals surface area contributed by atoms with Crippen molar-refractivity contribution in [2.45, 2.75) is 45.2 Å². The van der Waals surface area contributed by atoms with E-state index in [0.717, 1.165) is 0 Å². The Morgan fingerprint density at radius 1 is 1.21 bits per heavy atom. The molecule has 4 nitrogen and oxygen atoms in total. The molecule has 0 aromatic rings. The molecule has 0 aromatic carbocycles. The van der Waals surface area contributed by atoms with Gasteiger partial charge in [-0.2, -0.15) is 0 Å². The molecular formula is C8H14BNaO4. The van der Waals surface area contributed by atoms with Crippen LogP contribution >= 0.6 is 0 Å². The Morgan fingerprint density at radius 2 is 1.57 bits per heavy atom. The SMILES string of the molecule is CC1(C)OB(CC(=O)[O-])OC1(C)C.[Na+]. The molecule has 14 heavy (non-hydrogen) atoms. The molecule has 0 amide bonds. The maximum Gasteiger partial charge on any atom is 1.00 e. The van der Waals surface area contributed by atoms with E-state index in [1.54, 1.807) is 0 Å².